The van der Waals surface area contributed by atoms with Crippen LogP contribution in [0.3, 0.4) is 0 Å². The molecule has 0 aliphatic rings. The molecule has 0 saturated carbocycles. The zero-order chi connectivity index (χ0) is 12.6. The van der Waals surface area contributed by atoms with E-state index >= 15 is 0 Å². The van der Waals surface area contributed by atoms with Gasteiger partial charge in [0.05, 0.1) is 13.2 Å². The van der Waals surface area contributed by atoms with Crippen molar-refractivity contribution in [2.45, 2.75) is 13.8 Å². The molecule has 0 aromatic heterocycles. The van der Waals surface area contributed by atoms with Crippen LogP contribution in [0.1, 0.15) is 13.8 Å². The molecule has 2 amide bonds. The minimum Gasteiger partial charge on any atom is -0.500 e. The molecule has 0 atom stereocenters. The molecule has 0 N–H and O–H groups in total. The van der Waals surface area contributed by atoms with Gasteiger partial charge in [0.25, 0.3) is 5.91 Å². The van der Waals surface area contributed by atoms with Gasteiger partial charge in [0.15, 0.2) is 5.57 Å². The Morgan fingerprint density at radius 3 is 2.44 bits per heavy atom. The third kappa shape index (κ3) is 4.00. The van der Waals surface area contributed by atoms with Crippen molar-refractivity contribution >= 4 is 12.0 Å². The van der Waals surface area contributed by atoms with Gasteiger partial charge in [-0.15, -0.1) is 0 Å². The average molecular weight is 226 g/mol. The highest BCUT2D eigenvalue weighted by Crippen LogP contribution is 2.01. The van der Waals surface area contributed by atoms with Crippen molar-refractivity contribution in [3.63, 3.8) is 0 Å². The highest BCUT2D eigenvalue weighted by Gasteiger charge is 2.21. The van der Waals surface area contributed by atoms with Gasteiger partial charge in [0.1, 0.15) is 12.3 Å². The number of carbonyl (C=O) groups excluding carboxylic acids is 2. The Bertz CT molecular complexity index is 330. The van der Waals surface area contributed by atoms with E-state index in [0.29, 0.717) is 6.61 Å². The van der Waals surface area contributed by atoms with Gasteiger partial charge in [-0.25, -0.2) is 9.69 Å². The molecule has 6 nitrogen and oxygen atoms in total. The second-order valence-electron chi connectivity index (χ2n) is 2.66. The molecular formula is C10H14N2O4. The fourth-order valence-corrected chi connectivity index (χ4v) is 0.775. The highest BCUT2D eigenvalue weighted by atomic mass is 16.6. The number of carbonyl (C=O) groups is 2. The van der Waals surface area contributed by atoms with Crippen molar-refractivity contribution in [1.82, 2.24) is 4.90 Å². The number of nitriles is 1. The molecule has 0 heterocycles. The predicted octanol–water partition coefficient (Wildman–Crippen LogP) is 1.05. The Kier molecular flexibility index (Phi) is 6.36. The zero-order valence-electron chi connectivity index (χ0n) is 9.52. The van der Waals surface area contributed by atoms with Crippen LogP contribution in [0.25, 0.3) is 0 Å². The van der Waals surface area contributed by atoms with Crippen molar-refractivity contribution in [3.05, 3.63) is 11.8 Å². The summed E-state index contributed by atoms with van der Waals surface area (Å²) in [4.78, 5) is 23.5. The summed E-state index contributed by atoms with van der Waals surface area (Å²) in [7, 11) is 1.23. The maximum atomic E-state index is 11.6. The lowest BCUT2D eigenvalue weighted by Crippen LogP contribution is -2.34. The number of imide groups is 1. The van der Waals surface area contributed by atoms with Crippen LogP contribution in [0.5, 0.6) is 0 Å². The van der Waals surface area contributed by atoms with Crippen molar-refractivity contribution in [2.24, 2.45) is 0 Å². The van der Waals surface area contributed by atoms with Crippen molar-refractivity contribution in [2.75, 3.05) is 20.3 Å². The van der Waals surface area contributed by atoms with E-state index in [4.69, 9.17) is 10.00 Å². The van der Waals surface area contributed by atoms with Gasteiger partial charge < -0.3 is 9.47 Å². The first-order chi connectivity index (χ1) is 7.58. The minimum absolute atomic E-state index is 0.160. The standard InChI is InChI=1S/C10H14N2O4/c1-4-15-7-8(6-11)9(13)12(3)10(14)16-5-2/h7H,4-5H2,1-3H3. The van der Waals surface area contributed by atoms with E-state index in [9.17, 15) is 9.59 Å². The molecule has 0 unspecified atom stereocenters. The van der Waals surface area contributed by atoms with Crippen LogP contribution in [0.15, 0.2) is 11.8 Å². The molecule has 0 spiro atoms. The fourth-order valence-electron chi connectivity index (χ4n) is 0.775. The number of nitrogens with zero attached hydrogens (tertiary/aromatic N) is 2. The number of amides is 2. The van der Waals surface area contributed by atoms with E-state index in [-0.39, 0.29) is 12.2 Å². The normalized spacial score (nSPS) is 10.2. The van der Waals surface area contributed by atoms with Crippen LogP contribution in [0.4, 0.5) is 4.79 Å². The van der Waals surface area contributed by atoms with Crippen LogP contribution >= 0.6 is 0 Å². The van der Waals surface area contributed by atoms with E-state index in [0.717, 1.165) is 11.2 Å². The summed E-state index contributed by atoms with van der Waals surface area (Å²) in [6.07, 6.45) is 0.225. The minimum atomic E-state index is -0.801. The number of hydrogen-bond acceptors (Lipinski definition) is 5. The largest absolute Gasteiger partial charge is 0.500 e. The molecular weight excluding hydrogens is 212 g/mol. The van der Waals surface area contributed by atoms with Crippen molar-refractivity contribution < 1.29 is 19.1 Å². The molecule has 0 bridgehead atoms. The van der Waals surface area contributed by atoms with Crippen LogP contribution in [0.2, 0.25) is 0 Å². The van der Waals surface area contributed by atoms with Gasteiger partial charge in [-0.05, 0) is 13.8 Å². The Morgan fingerprint density at radius 1 is 1.38 bits per heavy atom. The maximum absolute atomic E-state index is 11.6. The number of rotatable bonds is 4. The number of likely N-dealkylation sites (N-methyl/N-ethyl adjacent to an activating group) is 1. The Hall–Kier alpha value is -2.03. The summed E-state index contributed by atoms with van der Waals surface area (Å²) >= 11 is 0. The maximum Gasteiger partial charge on any atom is 0.416 e. The third-order valence-electron chi connectivity index (χ3n) is 1.57. The summed E-state index contributed by atoms with van der Waals surface area (Å²) in [5.41, 5.74) is -0.252. The molecule has 0 fully saturated rings. The summed E-state index contributed by atoms with van der Waals surface area (Å²) in [6.45, 7) is 3.83. The third-order valence-corrected chi connectivity index (χ3v) is 1.57. The molecule has 0 aromatic carbocycles. The molecule has 0 saturated heterocycles. The van der Waals surface area contributed by atoms with E-state index in [1.165, 1.54) is 7.05 Å². The van der Waals surface area contributed by atoms with Gasteiger partial charge >= 0.3 is 6.09 Å². The van der Waals surface area contributed by atoms with Crippen LogP contribution in [-0.4, -0.2) is 37.2 Å². The quantitative estimate of drug-likeness (QED) is 0.406. The first-order valence-electron chi connectivity index (χ1n) is 4.75. The van der Waals surface area contributed by atoms with E-state index in [1.807, 2.05) is 0 Å². The summed E-state index contributed by atoms with van der Waals surface area (Å²) < 4.78 is 9.43. The Balaban J connectivity index is 4.64. The topological polar surface area (TPSA) is 79.6 Å². The van der Waals surface area contributed by atoms with Gasteiger partial charge in [-0.3, -0.25) is 4.79 Å². The van der Waals surface area contributed by atoms with Crippen molar-refractivity contribution in [1.29, 1.82) is 5.26 Å². The van der Waals surface area contributed by atoms with Gasteiger partial charge in [0.2, 0.25) is 0 Å². The van der Waals surface area contributed by atoms with Crippen LogP contribution < -0.4 is 0 Å². The summed E-state index contributed by atoms with van der Waals surface area (Å²) in [5, 5.41) is 8.69. The second-order valence-corrected chi connectivity index (χ2v) is 2.66. The number of ether oxygens (including phenoxy) is 2. The lowest BCUT2D eigenvalue weighted by Gasteiger charge is -2.13. The van der Waals surface area contributed by atoms with Gasteiger partial charge in [-0.1, -0.05) is 0 Å². The summed E-state index contributed by atoms with van der Waals surface area (Å²) in [5.74, 6) is -0.755. The second kappa shape index (κ2) is 7.29. The van der Waals surface area contributed by atoms with Gasteiger partial charge in [-0.2, -0.15) is 5.26 Å². The smallest absolute Gasteiger partial charge is 0.416 e. The molecule has 16 heavy (non-hydrogen) atoms. The highest BCUT2D eigenvalue weighted by molar-refractivity contribution is 6.04. The van der Waals surface area contributed by atoms with E-state index in [1.54, 1.807) is 19.9 Å². The Labute approximate surface area is 94.0 Å². The lowest BCUT2D eigenvalue weighted by atomic mass is 10.3. The van der Waals surface area contributed by atoms with E-state index < -0.39 is 12.0 Å². The molecule has 0 rings (SSSR count). The summed E-state index contributed by atoms with van der Waals surface area (Å²) in [6, 6.07) is 1.65. The molecule has 6 heteroatoms. The average Bonchev–Trinajstić information content (AvgIpc) is 2.29. The first kappa shape index (κ1) is 14.0. The lowest BCUT2D eigenvalue weighted by molar-refractivity contribution is -0.124. The number of hydrogen-bond donors (Lipinski definition) is 0. The SMILES string of the molecule is CCOC=C(C#N)C(=O)N(C)C(=O)OCC. The van der Waals surface area contributed by atoms with Crippen LogP contribution in [-0.2, 0) is 14.3 Å². The zero-order valence-corrected chi connectivity index (χ0v) is 9.52. The predicted molar refractivity (Wildman–Crippen MR) is 55.1 cm³/mol. The Morgan fingerprint density at radius 2 is 2.00 bits per heavy atom. The molecule has 88 valence electrons. The van der Waals surface area contributed by atoms with Gasteiger partial charge in [0, 0.05) is 7.05 Å². The monoisotopic (exact) mass is 226 g/mol. The molecule has 0 aromatic rings. The molecule has 0 radical (unpaired) electrons. The molecule has 0 aliphatic heterocycles. The first-order valence-corrected chi connectivity index (χ1v) is 4.75. The molecule has 0 aliphatic carbocycles. The van der Waals surface area contributed by atoms with Crippen LogP contribution in [0, 0.1) is 11.3 Å². The van der Waals surface area contributed by atoms with E-state index in [2.05, 4.69) is 4.74 Å². The van der Waals surface area contributed by atoms with Crippen molar-refractivity contribution in [3.8, 4) is 6.07 Å². The fraction of sp³-hybridized carbons (Fsp3) is 0.500.